The smallest absolute Gasteiger partial charge is 0.330 e. The Hall–Kier alpha value is -4.54. The topological polar surface area (TPSA) is 111 Å². The molecule has 1 aliphatic carbocycles. The van der Waals surface area contributed by atoms with E-state index in [4.69, 9.17) is 16.3 Å². The van der Waals surface area contributed by atoms with Gasteiger partial charge in [-0.05, 0) is 66.3 Å². The fourth-order valence-corrected chi connectivity index (χ4v) is 6.09. The van der Waals surface area contributed by atoms with Crippen LogP contribution in [0.25, 0.3) is 22.3 Å². The number of nitrogens with zero attached hydrogens (tertiary/aromatic N) is 2. The first-order valence-electron chi connectivity index (χ1n) is 14.6. The molecule has 0 unspecified atom stereocenters. The summed E-state index contributed by atoms with van der Waals surface area (Å²) < 4.78 is 23.1. The molecular formula is C34H34ClFN4O5. The predicted molar refractivity (Wildman–Crippen MR) is 173 cm³/mol. The number of benzene rings is 3. The molecule has 1 atom stereocenters. The lowest BCUT2D eigenvalue weighted by Crippen LogP contribution is -2.40. The molecule has 1 amide bonds. The molecule has 11 heteroatoms. The number of hydrogen-bond acceptors (Lipinski definition) is 6. The third-order valence-electron chi connectivity index (χ3n) is 8.33. The first kappa shape index (κ1) is 31.9. The van der Waals surface area contributed by atoms with E-state index in [1.807, 2.05) is 31.2 Å². The highest BCUT2D eigenvalue weighted by Gasteiger charge is 2.23. The zero-order valence-corrected chi connectivity index (χ0v) is 26.3. The first-order valence-corrected chi connectivity index (χ1v) is 14.9. The Morgan fingerprint density at radius 3 is 2.49 bits per heavy atom. The lowest BCUT2D eigenvalue weighted by atomic mass is 9.91. The number of nitrogens with one attached hydrogen (secondary N) is 2. The molecule has 5 rings (SSSR count). The third kappa shape index (κ3) is 6.48. The fourth-order valence-electron chi connectivity index (χ4n) is 5.82. The maximum absolute atomic E-state index is 15.5. The van der Waals surface area contributed by atoms with Crippen molar-refractivity contribution in [1.82, 2.24) is 14.5 Å². The zero-order chi connectivity index (χ0) is 32.4. The van der Waals surface area contributed by atoms with Gasteiger partial charge in [0.15, 0.2) is 0 Å². The van der Waals surface area contributed by atoms with Crippen LogP contribution < -0.4 is 26.6 Å². The van der Waals surface area contributed by atoms with E-state index in [1.54, 1.807) is 18.2 Å². The zero-order valence-electron chi connectivity index (χ0n) is 25.5. The van der Waals surface area contributed by atoms with Crippen LogP contribution in [0, 0.1) is 18.7 Å². The van der Waals surface area contributed by atoms with Crippen LogP contribution >= 0.6 is 11.6 Å². The summed E-state index contributed by atoms with van der Waals surface area (Å²) in [5.41, 5.74) is 2.84. The van der Waals surface area contributed by atoms with E-state index in [-0.39, 0.29) is 34.5 Å². The highest BCUT2D eigenvalue weighted by Crippen LogP contribution is 2.40. The first-order chi connectivity index (χ1) is 21.5. The van der Waals surface area contributed by atoms with Gasteiger partial charge in [0.25, 0.3) is 11.5 Å². The molecule has 2 N–H and O–H groups in total. The molecule has 0 saturated heterocycles. The van der Waals surface area contributed by atoms with Crippen LogP contribution in [-0.2, 0) is 25.4 Å². The Morgan fingerprint density at radius 2 is 1.78 bits per heavy atom. The molecule has 0 spiro atoms. The maximum Gasteiger partial charge on any atom is 0.330 e. The van der Waals surface area contributed by atoms with Gasteiger partial charge >= 0.3 is 5.69 Å². The van der Waals surface area contributed by atoms with E-state index in [2.05, 4.69) is 10.6 Å². The molecule has 0 aliphatic heterocycles. The molecular weight excluding hydrogens is 599 g/mol. The molecule has 0 bridgehead atoms. The molecule has 1 fully saturated rings. The van der Waals surface area contributed by atoms with Gasteiger partial charge in [0.05, 0.1) is 17.8 Å². The standard InChI is InChI=1S/C34H34ClFN4O5/c1-19-23(21-14-28(36)26(30(15-21)45-4)17-37-16-20-11-12-22(41)13-20)7-5-8-24(19)25-9-6-10-29(31(25)35)38-32(42)27-18-39(2)34(44)40(3)33(27)43/h5-10,14-15,18,20,37H,11-13,16-17H2,1-4H3,(H,38,42)/t20-/m1/s1. The molecule has 1 saturated carbocycles. The van der Waals surface area contributed by atoms with Crippen LogP contribution in [0.1, 0.15) is 40.7 Å². The van der Waals surface area contributed by atoms with Gasteiger partial charge in [0, 0.05) is 50.8 Å². The van der Waals surface area contributed by atoms with Crippen molar-refractivity contribution in [3.63, 3.8) is 0 Å². The third-order valence-corrected chi connectivity index (χ3v) is 8.74. The monoisotopic (exact) mass is 632 g/mol. The van der Waals surface area contributed by atoms with Gasteiger partial charge in [-0.2, -0.15) is 0 Å². The summed E-state index contributed by atoms with van der Waals surface area (Å²) in [5, 5.41) is 6.22. The second-order valence-corrected chi connectivity index (χ2v) is 11.7. The summed E-state index contributed by atoms with van der Waals surface area (Å²) in [5.74, 6) is -0.146. The van der Waals surface area contributed by atoms with Gasteiger partial charge in [-0.3, -0.25) is 19.0 Å². The number of anilines is 1. The number of carbonyl (C=O) groups excluding carboxylic acids is 2. The molecule has 1 aliphatic rings. The van der Waals surface area contributed by atoms with E-state index in [1.165, 1.54) is 33.5 Å². The summed E-state index contributed by atoms with van der Waals surface area (Å²) in [4.78, 5) is 49.3. The normalized spacial score (nSPS) is 14.5. The Labute approximate surface area is 264 Å². The van der Waals surface area contributed by atoms with Crippen molar-refractivity contribution >= 4 is 29.0 Å². The van der Waals surface area contributed by atoms with E-state index in [9.17, 15) is 19.2 Å². The van der Waals surface area contributed by atoms with Crippen LogP contribution in [0.5, 0.6) is 5.75 Å². The van der Waals surface area contributed by atoms with Crippen LogP contribution in [0.2, 0.25) is 5.02 Å². The number of rotatable bonds is 9. The van der Waals surface area contributed by atoms with Crippen LogP contribution in [0.3, 0.4) is 0 Å². The van der Waals surface area contributed by atoms with Crippen molar-refractivity contribution in [2.75, 3.05) is 19.0 Å². The van der Waals surface area contributed by atoms with Gasteiger partial charge < -0.3 is 19.9 Å². The van der Waals surface area contributed by atoms with Gasteiger partial charge in [-0.15, -0.1) is 0 Å². The molecule has 1 aromatic heterocycles. The highest BCUT2D eigenvalue weighted by atomic mass is 35.5. The number of ketones is 1. The summed E-state index contributed by atoms with van der Waals surface area (Å²) in [6.07, 6.45) is 3.22. The minimum Gasteiger partial charge on any atom is -0.496 e. The Balaban J connectivity index is 1.42. The quantitative estimate of drug-likeness (QED) is 0.261. The van der Waals surface area contributed by atoms with Crippen LogP contribution in [0.15, 0.2) is 64.3 Å². The number of aryl methyl sites for hydroxylation is 1. The Bertz CT molecular complexity index is 1930. The lowest BCUT2D eigenvalue weighted by Gasteiger charge is -2.18. The number of Topliss-reactive ketones (excluding diaryl/α,β-unsaturated/α-hetero) is 1. The summed E-state index contributed by atoms with van der Waals surface area (Å²) >= 11 is 6.81. The number of ether oxygens (including phenoxy) is 1. The maximum atomic E-state index is 15.5. The van der Waals surface area contributed by atoms with Crippen molar-refractivity contribution in [3.8, 4) is 28.0 Å². The second kappa shape index (κ2) is 13.2. The van der Waals surface area contributed by atoms with Crippen LogP contribution in [-0.4, -0.2) is 34.5 Å². The molecule has 4 aromatic rings. The van der Waals surface area contributed by atoms with Gasteiger partial charge in [0.1, 0.15) is 22.9 Å². The molecule has 3 aromatic carbocycles. The molecule has 9 nitrogen and oxygen atoms in total. The average Bonchev–Trinajstić information content (AvgIpc) is 3.44. The summed E-state index contributed by atoms with van der Waals surface area (Å²) in [7, 11) is 4.26. The van der Waals surface area contributed by atoms with Crippen molar-refractivity contribution < 1.29 is 18.7 Å². The predicted octanol–water partition coefficient (Wildman–Crippen LogP) is 5.24. The minimum atomic E-state index is -0.721. The Kier molecular flexibility index (Phi) is 9.36. The number of aromatic nitrogens is 2. The fraction of sp³-hybridized carbons (Fsp3) is 0.294. The number of hydrogen-bond donors (Lipinski definition) is 2. The van der Waals surface area contributed by atoms with E-state index < -0.39 is 23.0 Å². The van der Waals surface area contributed by atoms with E-state index in [0.717, 1.165) is 32.2 Å². The minimum absolute atomic E-state index is 0.206. The Morgan fingerprint density at radius 1 is 1.07 bits per heavy atom. The summed E-state index contributed by atoms with van der Waals surface area (Å²) in [6.45, 7) is 2.82. The number of halogens is 2. The molecule has 45 heavy (non-hydrogen) atoms. The SMILES string of the molecule is COc1cc(-c2cccc(-c3cccc(NC(=O)c4cn(C)c(=O)n(C)c4=O)c3Cl)c2C)cc(F)c1CNC[C@@H]1CCC(=O)C1. The number of amides is 1. The van der Waals surface area contributed by atoms with E-state index in [0.29, 0.717) is 41.8 Å². The largest absolute Gasteiger partial charge is 0.496 e. The van der Waals surface area contributed by atoms with Crippen molar-refractivity contribution in [2.45, 2.75) is 32.7 Å². The lowest BCUT2D eigenvalue weighted by molar-refractivity contribution is -0.117. The van der Waals surface area contributed by atoms with Crippen molar-refractivity contribution in [1.29, 1.82) is 0 Å². The van der Waals surface area contributed by atoms with Gasteiger partial charge in [0.2, 0.25) is 0 Å². The molecule has 234 valence electrons. The summed E-state index contributed by atoms with van der Waals surface area (Å²) in [6, 6.07) is 14.1. The molecule has 1 heterocycles. The molecule has 0 radical (unpaired) electrons. The van der Waals surface area contributed by atoms with Crippen LogP contribution in [0.4, 0.5) is 10.1 Å². The van der Waals surface area contributed by atoms with Gasteiger partial charge in [-0.25, -0.2) is 9.18 Å². The van der Waals surface area contributed by atoms with Crippen molar-refractivity contribution in [3.05, 3.63) is 103 Å². The number of carbonyl (C=O) groups is 2. The second-order valence-electron chi connectivity index (χ2n) is 11.3. The van der Waals surface area contributed by atoms with Gasteiger partial charge in [-0.1, -0.05) is 41.9 Å². The van der Waals surface area contributed by atoms with E-state index >= 15 is 4.39 Å². The highest BCUT2D eigenvalue weighted by molar-refractivity contribution is 6.36. The van der Waals surface area contributed by atoms with Crippen molar-refractivity contribution in [2.24, 2.45) is 20.0 Å². The average molecular weight is 633 g/mol. The number of methoxy groups -OCH3 is 1.